The molecule has 16 heavy (non-hydrogen) atoms. The van der Waals surface area contributed by atoms with E-state index in [0.29, 0.717) is 29.8 Å². The number of aromatic nitrogens is 4. The van der Waals surface area contributed by atoms with Crippen molar-refractivity contribution in [3.05, 3.63) is 24.0 Å². The van der Waals surface area contributed by atoms with E-state index in [4.69, 9.17) is 10.3 Å². The zero-order valence-electron chi connectivity index (χ0n) is 9.21. The number of nitrogens with two attached hydrogens (primary N) is 1. The van der Waals surface area contributed by atoms with Crippen LogP contribution in [0.4, 0.5) is 0 Å². The maximum atomic E-state index is 5.52. The first-order valence-corrected chi connectivity index (χ1v) is 5.04. The summed E-state index contributed by atoms with van der Waals surface area (Å²) in [6, 6.07) is 1.74. The molecule has 0 aliphatic heterocycles. The second kappa shape index (κ2) is 4.36. The summed E-state index contributed by atoms with van der Waals surface area (Å²) in [5, 5.41) is 3.86. The fraction of sp³-hybridized carbons (Fsp3) is 0.400. The van der Waals surface area contributed by atoms with Crippen molar-refractivity contribution in [1.82, 2.24) is 20.1 Å². The Balaban J connectivity index is 2.31. The molecule has 1 unspecified atom stereocenters. The highest BCUT2D eigenvalue weighted by molar-refractivity contribution is 5.47. The molecular formula is C10H13N5O. The Bertz CT molecular complexity index is 482. The van der Waals surface area contributed by atoms with Crippen LogP contribution < -0.4 is 5.73 Å². The Morgan fingerprint density at radius 1 is 1.44 bits per heavy atom. The molecule has 0 spiro atoms. The first-order valence-electron chi connectivity index (χ1n) is 5.04. The Morgan fingerprint density at radius 2 is 2.25 bits per heavy atom. The van der Waals surface area contributed by atoms with Gasteiger partial charge in [-0.3, -0.25) is 0 Å². The second-order valence-electron chi connectivity index (χ2n) is 3.58. The first-order chi connectivity index (χ1) is 7.70. The van der Waals surface area contributed by atoms with Crippen LogP contribution in [0.5, 0.6) is 0 Å². The summed E-state index contributed by atoms with van der Waals surface area (Å²) in [5.41, 5.74) is 6.18. The average molecular weight is 219 g/mol. The molecule has 2 aromatic rings. The quantitative estimate of drug-likeness (QED) is 0.824. The normalized spacial score (nSPS) is 12.7. The van der Waals surface area contributed by atoms with E-state index < -0.39 is 0 Å². The summed E-state index contributed by atoms with van der Waals surface area (Å²) in [6.07, 6.45) is 1.67. The van der Waals surface area contributed by atoms with Crippen molar-refractivity contribution >= 4 is 0 Å². The van der Waals surface area contributed by atoms with Gasteiger partial charge in [0, 0.05) is 18.7 Å². The highest BCUT2D eigenvalue weighted by Crippen LogP contribution is 2.16. The van der Waals surface area contributed by atoms with E-state index in [0.717, 1.165) is 0 Å². The van der Waals surface area contributed by atoms with E-state index in [1.54, 1.807) is 12.3 Å². The molecule has 0 radical (unpaired) electrons. The molecular weight excluding hydrogens is 206 g/mol. The Labute approximate surface area is 92.9 Å². The van der Waals surface area contributed by atoms with Gasteiger partial charge in [-0.25, -0.2) is 9.97 Å². The summed E-state index contributed by atoms with van der Waals surface area (Å²) < 4.78 is 5.11. The summed E-state index contributed by atoms with van der Waals surface area (Å²) in [6.45, 7) is 4.22. The smallest absolute Gasteiger partial charge is 0.231 e. The van der Waals surface area contributed by atoms with E-state index in [-0.39, 0.29) is 5.92 Å². The molecule has 2 rings (SSSR count). The molecule has 0 saturated heterocycles. The molecule has 0 aromatic carbocycles. The zero-order chi connectivity index (χ0) is 11.5. The number of aryl methyl sites for hydroxylation is 1. The van der Waals surface area contributed by atoms with Crippen molar-refractivity contribution in [1.29, 1.82) is 0 Å². The summed E-state index contributed by atoms with van der Waals surface area (Å²) >= 11 is 0. The molecule has 0 amide bonds. The molecule has 0 aliphatic rings. The van der Waals surface area contributed by atoms with Crippen molar-refractivity contribution in [3.8, 4) is 11.5 Å². The number of rotatable bonds is 3. The van der Waals surface area contributed by atoms with Gasteiger partial charge in [-0.1, -0.05) is 12.1 Å². The molecule has 2 aromatic heterocycles. The predicted molar refractivity (Wildman–Crippen MR) is 57.5 cm³/mol. The molecule has 6 nitrogen and oxygen atoms in total. The van der Waals surface area contributed by atoms with E-state index in [1.807, 2.05) is 13.8 Å². The third-order valence-electron chi connectivity index (χ3n) is 2.22. The van der Waals surface area contributed by atoms with Crippen LogP contribution in [-0.4, -0.2) is 26.7 Å². The molecule has 0 fully saturated rings. The zero-order valence-corrected chi connectivity index (χ0v) is 9.21. The van der Waals surface area contributed by atoms with Crippen molar-refractivity contribution in [3.63, 3.8) is 0 Å². The molecule has 0 bridgehead atoms. The van der Waals surface area contributed by atoms with Crippen molar-refractivity contribution < 1.29 is 4.52 Å². The van der Waals surface area contributed by atoms with Crippen LogP contribution in [0.3, 0.4) is 0 Å². The van der Waals surface area contributed by atoms with Gasteiger partial charge in [0.2, 0.25) is 11.7 Å². The number of hydrogen-bond donors (Lipinski definition) is 1. The van der Waals surface area contributed by atoms with Crippen LogP contribution in [0, 0.1) is 6.92 Å². The predicted octanol–water partition coefficient (Wildman–Crippen LogP) is 0.897. The van der Waals surface area contributed by atoms with Gasteiger partial charge in [0.25, 0.3) is 0 Å². The second-order valence-corrected chi connectivity index (χ2v) is 3.58. The minimum Gasteiger partial charge on any atom is -0.339 e. The standard InChI is InChI=1S/C10H13N5O/c1-6(5-11)10-14-9(15-16-10)8-3-4-12-7(2)13-8/h3-4,6H,5,11H2,1-2H3. The first kappa shape index (κ1) is 10.7. The molecule has 0 aliphatic carbocycles. The lowest BCUT2D eigenvalue weighted by Crippen LogP contribution is -2.09. The molecule has 2 heterocycles. The lowest BCUT2D eigenvalue weighted by atomic mass is 10.2. The van der Waals surface area contributed by atoms with E-state index >= 15 is 0 Å². The van der Waals surface area contributed by atoms with E-state index in [2.05, 4.69) is 20.1 Å². The SMILES string of the molecule is Cc1nccc(-c2noc(C(C)CN)n2)n1. The average Bonchev–Trinajstić information content (AvgIpc) is 2.77. The topological polar surface area (TPSA) is 90.7 Å². The van der Waals surface area contributed by atoms with Crippen molar-refractivity contribution in [2.75, 3.05) is 6.54 Å². The minimum absolute atomic E-state index is 0.0594. The monoisotopic (exact) mass is 219 g/mol. The van der Waals surface area contributed by atoms with Crippen LogP contribution in [0.15, 0.2) is 16.8 Å². The molecule has 0 saturated carbocycles. The maximum Gasteiger partial charge on any atom is 0.231 e. The van der Waals surface area contributed by atoms with Gasteiger partial charge in [-0.05, 0) is 13.0 Å². The van der Waals surface area contributed by atoms with Gasteiger partial charge in [0.15, 0.2) is 0 Å². The molecule has 2 N–H and O–H groups in total. The molecule has 6 heteroatoms. The highest BCUT2D eigenvalue weighted by atomic mass is 16.5. The van der Waals surface area contributed by atoms with Crippen LogP contribution >= 0.6 is 0 Å². The maximum absolute atomic E-state index is 5.52. The number of hydrogen-bond acceptors (Lipinski definition) is 6. The summed E-state index contributed by atoms with van der Waals surface area (Å²) in [4.78, 5) is 12.5. The molecule has 1 atom stereocenters. The Kier molecular flexibility index (Phi) is 2.91. The van der Waals surface area contributed by atoms with Crippen LogP contribution in [0.2, 0.25) is 0 Å². The van der Waals surface area contributed by atoms with Gasteiger partial charge in [-0.15, -0.1) is 0 Å². The van der Waals surface area contributed by atoms with Crippen molar-refractivity contribution in [2.24, 2.45) is 5.73 Å². The van der Waals surface area contributed by atoms with Crippen molar-refractivity contribution in [2.45, 2.75) is 19.8 Å². The largest absolute Gasteiger partial charge is 0.339 e. The van der Waals surface area contributed by atoms with E-state index in [1.165, 1.54) is 0 Å². The summed E-state index contributed by atoms with van der Waals surface area (Å²) in [5.74, 6) is 1.74. The van der Waals surface area contributed by atoms with Crippen LogP contribution in [0.1, 0.15) is 24.6 Å². The lowest BCUT2D eigenvalue weighted by molar-refractivity contribution is 0.361. The fourth-order valence-electron chi connectivity index (χ4n) is 1.22. The molecule has 84 valence electrons. The third-order valence-corrected chi connectivity index (χ3v) is 2.22. The summed E-state index contributed by atoms with van der Waals surface area (Å²) in [7, 11) is 0. The minimum atomic E-state index is 0.0594. The Morgan fingerprint density at radius 3 is 2.94 bits per heavy atom. The lowest BCUT2D eigenvalue weighted by Gasteiger charge is -1.98. The van der Waals surface area contributed by atoms with Gasteiger partial charge in [0.05, 0.1) is 0 Å². The fourth-order valence-corrected chi connectivity index (χ4v) is 1.22. The van der Waals surface area contributed by atoms with Gasteiger partial charge >= 0.3 is 0 Å². The number of nitrogens with zero attached hydrogens (tertiary/aromatic N) is 4. The van der Waals surface area contributed by atoms with E-state index in [9.17, 15) is 0 Å². The van der Waals surface area contributed by atoms with Gasteiger partial charge < -0.3 is 10.3 Å². The van der Waals surface area contributed by atoms with Crippen LogP contribution in [0.25, 0.3) is 11.5 Å². The third kappa shape index (κ3) is 2.06. The highest BCUT2D eigenvalue weighted by Gasteiger charge is 2.14. The Hall–Kier alpha value is -1.82. The van der Waals surface area contributed by atoms with Gasteiger partial charge in [-0.2, -0.15) is 4.98 Å². The van der Waals surface area contributed by atoms with Gasteiger partial charge in [0.1, 0.15) is 11.5 Å². The van der Waals surface area contributed by atoms with Crippen LogP contribution in [-0.2, 0) is 0 Å².